The molecule has 1 amide bonds. The van der Waals surface area contributed by atoms with Crippen molar-refractivity contribution in [3.05, 3.63) is 41.2 Å². The Balaban J connectivity index is 2.94. The third kappa shape index (κ3) is 5.35. The van der Waals surface area contributed by atoms with Gasteiger partial charge in [-0.1, -0.05) is 6.07 Å². The zero-order valence-corrected chi connectivity index (χ0v) is 12.1. The van der Waals surface area contributed by atoms with E-state index in [2.05, 4.69) is 0 Å². The number of amides is 1. The number of nitrogens with zero attached hydrogens (tertiary/aromatic N) is 1. The van der Waals surface area contributed by atoms with Crippen molar-refractivity contribution in [2.75, 3.05) is 13.6 Å². The van der Waals surface area contributed by atoms with Crippen LogP contribution < -0.4 is 0 Å². The maximum Gasteiger partial charge on any atom is 0.328 e. The molecule has 6 heteroatoms. The molecule has 0 saturated carbocycles. The van der Waals surface area contributed by atoms with Gasteiger partial charge >= 0.3 is 5.97 Å². The highest BCUT2D eigenvalue weighted by molar-refractivity contribution is 5.94. The number of halogens is 1. The number of rotatable bonds is 5. The molecular formula is C15H18FNO4. The predicted octanol–water partition coefficient (Wildman–Crippen LogP) is 1.77. The Labute approximate surface area is 122 Å². The molecule has 114 valence electrons. The van der Waals surface area contributed by atoms with Gasteiger partial charge in [0.05, 0.1) is 11.2 Å². The van der Waals surface area contributed by atoms with E-state index >= 15 is 0 Å². The second-order valence-corrected chi connectivity index (χ2v) is 5.38. The Morgan fingerprint density at radius 2 is 2.00 bits per heavy atom. The summed E-state index contributed by atoms with van der Waals surface area (Å²) in [5.41, 5.74) is -0.865. The Morgan fingerprint density at radius 1 is 1.38 bits per heavy atom. The van der Waals surface area contributed by atoms with Crippen LogP contribution in [0.3, 0.4) is 0 Å². The topological polar surface area (TPSA) is 77.8 Å². The highest BCUT2D eigenvalue weighted by Gasteiger charge is 2.22. The van der Waals surface area contributed by atoms with Crippen LogP contribution in [0.25, 0.3) is 6.08 Å². The van der Waals surface area contributed by atoms with Gasteiger partial charge < -0.3 is 15.1 Å². The molecule has 0 aliphatic rings. The molecule has 1 rings (SSSR count). The molecule has 0 saturated heterocycles. The van der Waals surface area contributed by atoms with Crippen LogP contribution in [-0.2, 0) is 4.79 Å². The van der Waals surface area contributed by atoms with Gasteiger partial charge in [-0.3, -0.25) is 4.79 Å². The fourth-order valence-corrected chi connectivity index (χ4v) is 1.83. The van der Waals surface area contributed by atoms with Crippen molar-refractivity contribution in [3.63, 3.8) is 0 Å². The first-order chi connectivity index (χ1) is 9.60. The number of benzene rings is 1. The minimum absolute atomic E-state index is 0.0615. The van der Waals surface area contributed by atoms with Gasteiger partial charge in [0.2, 0.25) is 0 Å². The third-order valence-electron chi connectivity index (χ3n) is 2.61. The summed E-state index contributed by atoms with van der Waals surface area (Å²) in [7, 11) is 1.47. The van der Waals surface area contributed by atoms with Crippen molar-refractivity contribution < 1.29 is 24.2 Å². The van der Waals surface area contributed by atoms with E-state index in [1.807, 2.05) is 0 Å². The highest BCUT2D eigenvalue weighted by Crippen LogP contribution is 2.15. The summed E-state index contributed by atoms with van der Waals surface area (Å²) in [4.78, 5) is 23.7. The Kier molecular flexibility index (Phi) is 5.21. The molecule has 0 unspecified atom stereocenters. The average Bonchev–Trinajstić information content (AvgIpc) is 2.33. The smallest absolute Gasteiger partial charge is 0.328 e. The lowest BCUT2D eigenvalue weighted by Crippen LogP contribution is -2.40. The lowest BCUT2D eigenvalue weighted by molar-refractivity contribution is -0.131. The molecular weight excluding hydrogens is 277 g/mol. The molecule has 0 radical (unpaired) electrons. The van der Waals surface area contributed by atoms with E-state index in [-0.39, 0.29) is 12.1 Å². The molecule has 1 aromatic carbocycles. The van der Waals surface area contributed by atoms with Gasteiger partial charge in [0.15, 0.2) is 0 Å². The monoisotopic (exact) mass is 295 g/mol. The van der Waals surface area contributed by atoms with Crippen LogP contribution in [0.2, 0.25) is 0 Å². The minimum Gasteiger partial charge on any atom is -0.478 e. The summed E-state index contributed by atoms with van der Waals surface area (Å²) in [6.07, 6.45) is 2.12. The standard InChI is InChI=1S/C15H18FNO4/c1-15(2,21)9-17(3)14(20)11-6-4-10(8-12(11)16)5-7-13(18)19/h4-8,21H,9H2,1-3H3,(H,18,19). The van der Waals surface area contributed by atoms with Gasteiger partial charge in [0.1, 0.15) is 5.82 Å². The van der Waals surface area contributed by atoms with E-state index < -0.39 is 23.3 Å². The molecule has 0 heterocycles. The summed E-state index contributed by atoms with van der Waals surface area (Å²) in [5.74, 6) is -2.43. The fourth-order valence-electron chi connectivity index (χ4n) is 1.83. The molecule has 0 aliphatic heterocycles. The van der Waals surface area contributed by atoms with Crippen LogP contribution >= 0.6 is 0 Å². The van der Waals surface area contributed by atoms with Crippen LogP contribution in [0.4, 0.5) is 4.39 Å². The van der Waals surface area contributed by atoms with Gasteiger partial charge in [0.25, 0.3) is 5.91 Å². The van der Waals surface area contributed by atoms with Gasteiger partial charge in [0, 0.05) is 19.7 Å². The number of carboxylic acid groups (broad SMARTS) is 1. The molecule has 0 fully saturated rings. The maximum absolute atomic E-state index is 13.9. The number of likely N-dealkylation sites (N-methyl/N-ethyl adjacent to an activating group) is 1. The first-order valence-electron chi connectivity index (χ1n) is 6.28. The van der Waals surface area contributed by atoms with Crippen LogP contribution in [0.5, 0.6) is 0 Å². The largest absolute Gasteiger partial charge is 0.478 e. The van der Waals surface area contributed by atoms with Crippen molar-refractivity contribution in [1.82, 2.24) is 4.90 Å². The van der Waals surface area contributed by atoms with E-state index in [4.69, 9.17) is 5.11 Å². The van der Waals surface area contributed by atoms with E-state index in [1.54, 1.807) is 13.8 Å². The second-order valence-electron chi connectivity index (χ2n) is 5.38. The molecule has 0 spiro atoms. The normalized spacial score (nSPS) is 11.7. The number of carbonyl (C=O) groups is 2. The van der Waals surface area contributed by atoms with Gasteiger partial charge in [-0.15, -0.1) is 0 Å². The molecule has 2 N–H and O–H groups in total. The van der Waals surface area contributed by atoms with Crippen LogP contribution in [-0.4, -0.2) is 46.2 Å². The zero-order chi connectivity index (χ0) is 16.2. The van der Waals surface area contributed by atoms with Gasteiger partial charge in [-0.2, -0.15) is 0 Å². The predicted molar refractivity (Wildman–Crippen MR) is 76.3 cm³/mol. The first-order valence-corrected chi connectivity index (χ1v) is 6.28. The highest BCUT2D eigenvalue weighted by atomic mass is 19.1. The van der Waals surface area contributed by atoms with Crippen molar-refractivity contribution in [2.45, 2.75) is 19.4 Å². The summed E-state index contributed by atoms with van der Waals surface area (Å²) in [6.45, 7) is 3.16. The zero-order valence-electron chi connectivity index (χ0n) is 12.1. The number of hydrogen-bond acceptors (Lipinski definition) is 3. The second kappa shape index (κ2) is 6.49. The molecule has 1 aromatic rings. The van der Waals surface area contributed by atoms with Crippen molar-refractivity contribution in [1.29, 1.82) is 0 Å². The molecule has 5 nitrogen and oxygen atoms in total. The fraction of sp³-hybridized carbons (Fsp3) is 0.333. The van der Waals surface area contributed by atoms with E-state index in [0.717, 1.165) is 12.1 Å². The molecule has 0 aliphatic carbocycles. The van der Waals surface area contributed by atoms with E-state index in [9.17, 15) is 19.1 Å². The molecule has 0 bridgehead atoms. The van der Waals surface area contributed by atoms with Crippen LogP contribution in [0.15, 0.2) is 24.3 Å². The lowest BCUT2D eigenvalue weighted by atomic mass is 10.1. The summed E-state index contributed by atoms with van der Waals surface area (Å²) >= 11 is 0. The van der Waals surface area contributed by atoms with E-state index in [0.29, 0.717) is 5.56 Å². The van der Waals surface area contributed by atoms with E-state index in [1.165, 1.54) is 30.2 Å². The number of aliphatic hydroxyl groups is 1. The Morgan fingerprint density at radius 3 is 2.48 bits per heavy atom. The number of carbonyl (C=O) groups excluding carboxylic acids is 1. The van der Waals surface area contributed by atoms with Crippen molar-refractivity contribution >= 4 is 18.0 Å². The number of hydrogen-bond donors (Lipinski definition) is 2. The van der Waals surface area contributed by atoms with Crippen molar-refractivity contribution in [3.8, 4) is 0 Å². The summed E-state index contributed by atoms with van der Waals surface area (Å²) < 4.78 is 13.9. The molecule has 0 atom stereocenters. The quantitative estimate of drug-likeness (QED) is 0.812. The average molecular weight is 295 g/mol. The van der Waals surface area contributed by atoms with Gasteiger partial charge in [-0.05, 0) is 37.6 Å². The van der Waals surface area contributed by atoms with Crippen LogP contribution in [0.1, 0.15) is 29.8 Å². The van der Waals surface area contributed by atoms with Gasteiger partial charge in [-0.25, -0.2) is 9.18 Å². The maximum atomic E-state index is 13.9. The third-order valence-corrected chi connectivity index (χ3v) is 2.61. The van der Waals surface area contributed by atoms with Crippen molar-refractivity contribution in [2.24, 2.45) is 0 Å². The summed E-state index contributed by atoms with van der Waals surface area (Å²) in [6, 6.07) is 3.83. The molecule has 0 aromatic heterocycles. The Bertz CT molecular complexity index is 576. The number of carboxylic acids is 1. The molecule has 21 heavy (non-hydrogen) atoms. The minimum atomic E-state index is -1.14. The first kappa shape index (κ1) is 16.8. The number of aliphatic carboxylic acids is 1. The summed E-state index contributed by atoms with van der Waals surface area (Å²) in [5, 5.41) is 18.2. The SMILES string of the molecule is CN(CC(C)(C)O)C(=O)c1ccc(C=CC(=O)O)cc1F. The Hall–Kier alpha value is -2.21. The van der Waals surface area contributed by atoms with Crippen LogP contribution in [0, 0.1) is 5.82 Å². The lowest BCUT2D eigenvalue weighted by Gasteiger charge is -2.25.